The molecule has 4 heteroatoms. The van der Waals surface area contributed by atoms with Crippen molar-refractivity contribution < 1.29 is 18.3 Å². The van der Waals surface area contributed by atoms with E-state index >= 15 is 0 Å². The van der Waals surface area contributed by atoms with Gasteiger partial charge in [0.05, 0.1) is 6.61 Å². The van der Waals surface area contributed by atoms with Crippen molar-refractivity contribution in [2.24, 2.45) is 5.41 Å². The predicted octanol–water partition coefficient (Wildman–Crippen LogP) is 2.36. The lowest BCUT2D eigenvalue weighted by molar-refractivity contribution is -0.152. The average molecular weight is 178 g/mol. The molecule has 0 amide bonds. The Morgan fingerprint density at radius 2 is 2.08 bits per heavy atom. The van der Waals surface area contributed by atoms with Crippen LogP contribution in [0, 0.1) is 5.41 Å². The van der Waals surface area contributed by atoms with Gasteiger partial charge in [0.15, 0.2) is 0 Å². The van der Waals surface area contributed by atoms with Crippen molar-refractivity contribution in [3.8, 4) is 0 Å². The molecule has 0 radical (unpaired) electrons. The molecule has 0 aromatic heterocycles. The van der Waals surface area contributed by atoms with Gasteiger partial charge in [0.1, 0.15) is 17.6 Å². The van der Waals surface area contributed by atoms with E-state index in [0.29, 0.717) is 0 Å². The maximum Gasteiger partial charge on any atom is 0.318 e. The lowest BCUT2D eigenvalue weighted by Gasteiger charge is -2.18. The predicted molar refractivity (Wildman–Crippen MR) is 40.7 cm³/mol. The van der Waals surface area contributed by atoms with Crippen LogP contribution in [0.15, 0.2) is 12.2 Å². The number of hydrogen-bond donors (Lipinski definition) is 0. The highest BCUT2D eigenvalue weighted by molar-refractivity contribution is 5.78. The molecular formula is C8H12F2O2. The zero-order chi connectivity index (χ0) is 9.78. The first-order valence-electron chi connectivity index (χ1n) is 3.60. The van der Waals surface area contributed by atoms with Crippen molar-refractivity contribution >= 4 is 5.97 Å². The first kappa shape index (κ1) is 11.1. The van der Waals surface area contributed by atoms with Gasteiger partial charge >= 0.3 is 5.97 Å². The minimum Gasteiger partial charge on any atom is -0.465 e. The fourth-order valence-corrected chi connectivity index (χ4v) is 0.545. The van der Waals surface area contributed by atoms with E-state index in [9.17, 15) is 13.6 Å². The van der Waals surface area contributed by atoms with Crippen molar-refractivity contribution in [1.29, 1.82) is 0 Å². The fourth-order valence-electron chi connectivity index (χ4n) is 0.545. The third-order valence-corrected chi connectivity index (χ3v) is 1.48. The van der Waals surface area contributed by atoms with E-state index in [0.717, 1.165) is 0 Å². The van der Waals surface area contributed by atoms with Gasteiger partial charge < -0.3 is 4.74 Å². The monoisotopic (exact) mass is 178 g/mol. The highest BCUT2D eigenvalue weighted by Crippen LogP contribution is 2.28. The van der Waals surface area contributed by atoms with Gasteiger partial charge in [-0.15, -0.1) is 0 Å². The second-order valence-electron chi connectivity index (χ2n) is 2.80. The Kier molecular flexibility index (Phi) is 3.86. The van der Waals surface area contributed by atoms with Gasteiger partial charge in [-0.05, 0) is 20.8 Å². The normalized spacial score (nSPS) is 12.9. The number of halogens is 2. The van der Waals surface area contributed by atoms with Gasteiger partial charge in [-0.2, -0.15) is 0 Å². The van der Waals surface area contributed by atoms with Crippen LogP contribution in [0.1, 0.15) is 20.8 Å². The summed E-state index contributed by atoms with van der Waals surface area (Å²) < 4.78 is 29.0. The summed E-state index contributed by atoms with van der Waals surface area (Å²) in [7, 11) is 0. The fraction of sp³-hybridized carbons (Fsp3) is 0.625. The number of ether oxygens (including phenoxy) is 1. The third kappa shape index (κ3) is 2.29. The van der Waals surface area contributed by atoms with E-state index in [4.69, 9.17) is 0 Å². The minimum atomic E-state index is -1.52. The van der Waals surface area contributed by atoms with Crippen molar-refractivity contribution in [2.75, 3.05) is 6.61 Å². The molecule has 0 fully saturated rings. The van der Waals surface area contributed by atoms with Crippen molar-refractivity contribution in [3.05, 3.63) is 12.2 Å². The minimum absolute atomic E-state index is 0.155. The van der Waals surface area contributed by atoms with Crippen LogP contribution in [0.2, 0.25) is 0 Å². The molecule has 70 valence electrons. The summed E-state index contributed by atoms with van der Waals surface area (Å²) in [4.78, 5) is 11.0. The molecule has 0 bridgehead atoms. The molecule has 0 aromatic carbocycles. The first-order valence-corrected chi connectivity index (χ1v) is 3.60. The second kappa shape index (κ2) is 4.18. The topological polar surface area (TPSA) is 26.3 Å². The van der Waals surface area contributed by atoms with Crippen LogP contribution in [0.3, 0.4) is 0 Å². The van der Waals surface area contributed by atoms with Gasteiger partial charge in [-0.25, -0.2) is 8.78 Å². The van der Waals surface area contributed by atoms with Crippen molar-refractivity contribution in [1.82, 2.24) is 0 Å². The van der Waals surface area contributed by atoms with Crippen LogP contribution in [-0.4, -0.2) is 12.6 Å². The number of carbonyl (C=O) groups is 1. The Balaban J connectivity index is 4.49. The Morgan fingerprint density at radius 1 is 1.58 bits per heavy atom. The van der Waals surface area contributed by atoms with Crippen LogP contribution >= 0.6 is 0 Å². The number of carbonyl (C=O) groups excluding carboxylic acids is 1. The summed E-state index contributed by atoms with van der Waals surface area (Å²) in [6.07, 6.45) is -0.225. The highest BCUT2D eigenvalue weighted by atomic mass is 19.2. The van der Waals surface area contributed by atoms with Crippen LogP contribution in [-0.2, 0) is 9.53 Å². The molecule has 0 saturated heterocycles. The zero-order valence-corrected chi connectivity index (χ0v) is 7.36. The van der Waals surface area contributed by atoms with Crippen LogP contribution in [0.4, 0.5) is 8.78 Å². The second-order valence-corrected chi connectivity index (χ2v) is 2.80. The van der Waals surface area contributed by atoms with Crippen LogP contribution in [0.25, 0.3) is 0 Å². The zero-order valence-electron chi connectivity index (χ0n) is 7.36. The Bertz CT molecular complexity index is 197. The quantitative estimate of drug-likeness (QED) is 0.620. The molecule has 0 saturated carbocycles. The molecule has 0 atom stereocenters. The lowest BCUT2D eigenvalue weighted by atomic mass is 9.93. The lowest BCUT2D eigenvalue weighted by Crippen LogP contribution is -2.27. The van der Waals surface area contributed by atoms with Gasteiger partial charge in [0.25, 0.3) is 0 Å². The summed E-state index contributed by atoms with van der Waals surface area (Å²) in [5, 5.41) is 0. The molecule has 2 nitrogen and oxygen atoms in total. The van der Waals surface area contributed by atoms with E-state index in [1.54, 1.807) is 6.92 Å². The smallest absolute Gasteiger partial charge is 0.318 e. The molecule has 12 heavy (non-hydrogen) atoms. The SMILES string of the molecule is CCOC(=O)C(C)(C)/C(F)=C/F. The highest BCUT2D eigenvalue weighted by Gasteiger charge is 2.34. The number of rotatable bonds is 3. The molecule has 0 spiro atoms. The first-order chi connectivity index (χ1) is 5.46. The van der Waals surface area contributed by atoms with Crippen LogP contribution < -0.4 is 0 Å². The van der Waals surface area contributed by atoms with Crippen LogP contribution in [0.5, 0.6) is 0 Å². The van der Waals surface area contributed by atoms with Crippen molar-refractivity contribution in [3.63, 3.8) is 0 Å². The summed E-state index contributed by atoms with van der Waals surface area (Å²) in [5.74, 6) is -1.89. The summed E-state index contributed by atoms with van der Waals surface area (Å²) in [5.41, 5.74) is -1.52. The Morgan fingerprint density at radius 3 is 2.42 bits per heavy atom. The third-order valence-electron chi connectivity index (χ3n) is 1.48. The molecule has 0 rings (SSSR count). The number of hydrogen-bond acceptors (Lipinski definition) is 2. The number of esters is 1. The van der Waals surface area contributed by atoms with Gasteiger partial charge in [-0.1, -0.05) is 0 Å². The van der Waals surface area contributed by atoms with Crippen molar-refractivity contribution in [2.45, 2.75) is 20.8 Å². The molecule has 0 aliphatic carbocycles. The molecular weight excluding hydrogens is 166 g/mol. The van der Waals surface area contributed by atoms with Gasteiger partial charge in [-0.3, -0.25) is 4.79 Å². The Labute approximate surface area is 70.2 Å². The van der Waals surface area contributed by atoms with E-state index in [1.165, 1.54) is 13.8 Å². The molecule has 0 aliphatic heterocycles. The standard InChI is InChI=1S/C8H12F2O2/c1-4-12-7(11)8(2,3)6(10)5-9/h5H,4H2,1-3H3/b6-5-. The molecule has 0 N–H and O–H groups in total. The summed E-state index contributed by atoms with van der Waals surface area (Å²) in [6.45, 7) is 4.28. The molecule has 0 aliphatic rings. The van der Waals surface area contributed by atoms with E-state index < -0.39 is 17.2 Å². The average Bonchev–Trinajstić information content (AvgIpc) is 2.03. The van der Waals surface area contributed by atoms with E-state index in [-0.39, 0.29) is 12.9 Å². The molecule has 0 aromatic rings. The van der Waals surface area contributed by atoms with E-state index in [2.05, 4.69) is 4.74 Å². The maximum atomic E-state index is 12.7. The molecule has 0 unspecified atom stereocenters. The van der Waals surface area contributed by atoms with Gasteiger partial charge in [0.2, 0.25) is 0 Å². The maximum absolute atomic E-state index is 12.7. The van der Waals surface area contributed by atoms with Gasteiger partial charge in [0, 0.05) is 0 Å². The molecule has 0 heterocycles. The summed E-state index contributed by atoms with van der Waals surface area (Å²) >= 11 is 0. The van der Waals surface area contributed by atoms with E-state index in [1.807, 2.05) is 0 Å². The summed E-state index contributed by atoms with van der Waals surface area (Å²) in [6, 6.07) is 0. The Hall–Kier alpha value is -0.930. The largest absolute Gasteiger partial charge is 0.465 e.